The largest absolute Gasteiger partial charge is 0.381 e. The summed E-state index contributed by atoms with van der Waals surface area (Å²) in [6.45, 7) is 6.80. The van der Waals surface area contributed by atoms with Crippen molar-refractivity contribution in [2.45, 2.75) is 63.6 Å². The summed E-state index contributed by atoms with van der Waals surface area (Å²) >= 11 is 6.56. The summed E-state index contributed by atoms with van der Waals surface area (Å²) in [5, 5.41) is 17.3. The number of morpholine rings is 1. The third-order valence-corrected chi connectivity index (χ3v) is 8.41. The minimum absolute atomic E-state index is 0.400. The molecule has 0 bridgehead atoms. The molecule has 1 atom stereocenters. The number of nitrogens with zero attached hydrogens (tertiary/aromatic N) is 4. The lowest BCUT2D eigenvalue weighted by molar-refractivity contribution is -0.0296. The highest BCUT2D eigenvalue weighted by Crippen LogP contribution is 2.33. The van der Waals surface area contributed by atoms with Crippen LogP contribution in [0, 0.1) is 16.7 Å². The molecule has 1 saturated carbocycles. The SMILES string of the molecule is C[C@@H]1COCCN1C1CCC(Nc2cc(-c3cccc(NCC4(C#N)CCOCC4)n3)c(Cl)cn2)CC1. The zero-order chi connectivity index (χ0) is 25.7. The van der Waals surface area contributed by atoms with E-state index in [0.29, 0.717) is 42.9 Å². The van der Waals surface area contributed by atoms with Crippen LogP contribution in [0.5, 0.6) is 0 Å². The summed E-state index contributed by atoms with van der Waals surface area (Å²) < 4.78 is 11.1. The maximum atomic E-state index is 9.74. The Labute approximate surface area is 224 Å². The van der Waals surface area contributed by atoms with Crippen molar-refractivity contribution >= 4 is 23.2 Å². The fourth-order valence-corrected chi connectivity index (χ4v) is 5.99. The van der Waals surface area contributed by atoms with Crippen molar-refractivity contribution < 1.29 is 9.47 Å². The maximum Gasteiger partial charge on any atom is 0.126 e. The van der Waals surface area contributed by atoms with Crippen molar-refractivity contribution in [3.8, 4) is 17.3 Å². The fourth-order valence-electron chi connectivity index (χ4n) is 5.79. The second kappa shape index (κ2) is 12.0. The summed E-state index contributed by atoms with van der Waals surface area (Å²) in [5.41, 5.74) is 1.21. The third kappa shape index (κ3) is 6.35. The molecule has 37 heavy (non-hydrogen) atoms. The monoisotopic (exact) mass is 524 g/mol. The highest BCUT2D eigenvalue weighted by Gasteiger charge is 2.33. The second-order valence-corrected chi connectivity index (χ2v) is 11.0. The molecule has 0 unspecified atom stereocenters. The highest BCUT2D eigenvalue weighted by molar-refractivity contribution is 6.33. The summed E-state index contributed by atoms with van der Waals surface area (Å²) in [4.78, 5) is 12.0. The van der Waals surface area contributed by atoms with Crippen LogP contribution in [0.15, 0.2) is 30.5 Å². The molecule has 8 nitrogen and oxygen atoms in total. The molecule has 2 aliphatic heterocycles. The number of halogens is 1. The van der Waals surface area contributed by atoms with Gasteiger partial charge in [0.1, 0.15) is 11.6 Å². The Morgan fingerprint density at radius 1 is 1.14 bits per heavy atom. The molecule has 0 radical (unpaired) electrons. The Kier molecular flexibility index (Phi) is 8.46. The first-order chi connectivity index (χ1) is 18.0. The van der Waals surface area contributed by atoms with Gasteiger partial charge in [0, 0.05) is 56.2 Å². The van der Waals surface area contributed by atoms with Gasteiger partial charge in [-0.3, -0.25) is 4.90 Å². The lowest BCUT2D eigenvalue weighted by Crippen LogP contribution is -2.51. The summed E-state index contributed by atoms with van der Waals surface area (Å²) in [6, 6.07) is 11.9. The fraction of sp³-hybridized carbons (Fsp3) is 0.607. The summed E-state index contributed by atoms with van der Waals surface area (Å²) in [5.74, 6) is 1.56. The third-order valence-electron chi connectivity index (χ3n) is 8.11. The predicted octanol–water partition coefficient (Wildman–Crippen LogP) is 4.97. The van der Waals surface area contributed by atoms with E-state index in [1.165, 1.54) is 12.8 Å². The number of aromatic nitrogens is 2. The van der Waals surface area contributed by atoms with Gasteiger partial charge in [0.05, 0.1) is 35.4 Å². The molecule has 9 heteroatoms. The van der Waals surface area contributed by atoms with E-state index < -0.39 is 5.41 Å². The van der Waals surface area contributed by atoms with Gasteiger partial charge in [-0.2, -0.15) is 5.26 Å². The zero-order valence-electron chi connectivity index (χ0n) is 21.6. The Morgan fingerprint density at radius 2 is 1.95 bits per heavy atom. The Morgan fingerprint density at radius 3 is 2.70 bits per heavy atom. The van der Waals surface area contributed by atoms with E-state index in [9.17, 15) is 5.26 Å². The van der Waals surface area contributed by atoms with E-state index in [1.54, 1.807) is 6.20 Å². The number of pyridine rings is 2. The first-order valence-corrected chi connectivity index (χ1v) is 13.9. The smallest absolute Gasteiger partial charge is 0.126 e. The van der Waals surface area contributed by atoms with Crippen LogP contribution in [0.4, 0.5) is 11.6 Å². The van der Waals surface area contributed by atoms with E-state index in [4.69, 9.17) is 26.1 Å². The van der Waals surface area contributed by atoms with Gasteiger partial charge in [-0.1, -0.05) is 17.7 Å². The number of hydrogen-bond donors (Lipinski definition) is 2. The van der Waals surface area contributed by atoms with Gasteiger partial charge in [0.2, 0.25) is 0 Å². The number of ether oxygens (including phenoxy) is 2. The molecule has 4 heterocycles. The van der Waals surface area contributed by atoms with Gasteiger partial charge in [0.25, 0.3) is 0 Å². The van der Waals surface area contributed by atoms with Crippen LogP contribution in [-0.2, 0) is 9.47 Å². The summed E-state index contributed by atoms with van der Waals surface area (Å²) in [6.07, 6.45) is 7.79. The highest BCUT2D eigenvalue weighted by atomic mass is 35.5. The maximum absolute atomic E-state index is 9.74. The van der Waals surface area contributed by atoms with E-state index in [2.05, 4.69) is 33.5 Å². The first-order valence-electron chi connectivity index (χ1n) is 13.5. The number of hydrogen-bond acceptors (Lipinski definition) is 8. The van der Waals surface area contributed by atoms with Gasteiger partial charge in [-0.25, -0.2) is 9.97 Å². The van der Waals surface area contributed by atoms with Gasteiger partial charge < -0.3 is 20.1 Å². The van der Waals surface area contributed by atoms with E-state index in [1.807, 2.05) is 24.3 Å². The molecule has 5 rings (SSSR count). The lowest BCUT2D eigenvalue weighted by Gasteiger charge is -2.42. The molecule has 2 N–H and O–H groups in total. The van der Waals surface area contributed by atoms with Crippen LogP contribution in [0.25, 0.3) is 11.3 Å². The first kappa shape index (κ1) is 26.2. The average molecular weight is 525 g/mol. The van der Waals surface area contributed by atoms with E-state index in [0.717, 1.165) is 68.3 Å². The standard InChI is InChI=1S/C28H37ClN6O2/c1-20-17-37-14-11-35(20)22-7-5-21(6-8-22)33-27-15-23(24(29)16-31-27)25-3-2-4-26(34-25)32-19-28(18-30)9-12-36-13-10-28/h2-4,15-16,20-22H,5-14,17,19H2,1H3,(H,31,33)(H,32,34)/t20-,21?,22?/m1/s1. The molecule has 2 aromatic heterocycles. The van der Waals surface area contributed by atoms with Gasteiger partial charge in [-0.05, 0) is 63.6 Å². The molecule has 0 aromatic carbocycles. The van der Waals surface area contributed by atoms with Crippen LogP contribution >= 0.6 is 11.6 Å². The van der Waals surface area contributed by atoms with Crippen LogP contribution < -0.4 is 10.6 Å². The van der Waals surface area contributed by atoms with Crippen molar-refractivity contribution in [3.63, 3.8) is 0 Å². The quantitative estimate of drug-likeness (QED) is 0.524. The van der Waals surface area contributed by atoms with Gasteiger partial charge in [0.15, 0.2) is 0 Å². The Hall–Kier alpha value is -2.44. The normalized spacial score (nSPS) is 26.2. The number of nitrogens with one attached hydrogen (secondary N) is 2. The molecule has 2 aromatic rings. The molecular weight excluding hydrogens is 488 g/mol. The molecule has 0 spiro atoms. The number of nitriles is 1. The molecule has 2 saturated heterocycles. The topological polar surface area (TPSA) is 95.3 Å². The Bertz CT molecular complexity index is 1090. The molecule has 3 fully saturated rings. The number of anilines is 2. The number of rotatable bonds is 7. The summed E-state index contributed by atoms with van der Waals surface area (Å²) in [7, 11) is 0. The second-order valence-electron chi connectivity index (χ2n) is 10.6. The van der Waals surface area contributed by atoms with Crippen LogP contribution in [0.2, 0.25) is 5.02 Å². The average Bonchev–Trinajstić information content (AvgIpc) is 2.94. The molecule has 198 valence electrons. The Balaban J connectivity index is 1.21. The van der Waals surface area contributed by atoms with Crippen molar-refractivity contribution in [2.24, 2.45) is 5.41 Å². The van der Waals surface area contributed by atoms with Crippen LogP contribution in [0.3, 0.4) is 0 Å². The van der Waals surface area contributed by atoms with Gasteiger partial charge in [-0.15, -0.1) is 0 Å². The van der Waals surface area contributed by atoms with Crippen molar-refractivity contribution in [1.29, 1.82) is 5.26 Å². The molecule has 0 amide bonds. The molecular formula is C28H37ClN6O2. The van der Waals surface area contributed by atoms with Crippen LogP contribution in [0.1, 0.15) is 45.4 Å². The van der Waals surface area contributed by atoms with Crippen molar-refractivity contribution in [3.05, 3.63) is 35.5 Å². The minimum atomic E-state index is -0.417. The minimum Gasteiger partial charge on any atom is -0.381 e. The zero-order valence-corrected chi connectivity index (χ0v) is 22.3. The molecule has 1 aliphatic carbocycles. The van der Waals surface area contributed by atoms with E-state index in [-0.39, 0.29) is 0 Å². The van der Waals surface area contributed by atoms with E-state index >= 15 is 0 Å². The van der Waals surface area contributed by atoms with Crippen molar-refractivity contribution in [2.75, 3.05) is 50.2 Å². The van der Waals surface area contributed by atoms with Gasteiger partial charge >= 0.3 is 0 Å². The van der Waals surface area contributed by atoms with Crippen LogP contribution in [-0.4, -0.2) is 72.5 Å². The van der Waals surface area contributed by atoms with Crippen molar-refractivity contribution in [1.82, 2.24) is 14.9 Å². The lowest BCUT2D eigenvalue weighted by atomic mass is 9.82. The predicted molar refractivity (Wildman–Crippen MR) is 146 cm³/mol. The molecule has 3 aliphatic rings.